The number of halogens is 5. The summed E-state index contributed by atoms with van der Waals surface area (Å²) in [6.45, 7) is 5.68. The maximum Gasteiger partial charge on any atom is 0.573 e. The maximum absolute atomic E-state index is 14.2. The van der Waals surface area contributed by atoms with Gasteiger partial charge >= 0.3 is 6.36 Å². The smallest absolute Gasteiger partial charge is 0.406 e. The summed E-state index contributed by atoms with van der Waals surface area (Å²) in [5, 5.41) is 6.27. The van der Waals surface area contributed by atoms with E-state index < -0.39 is 17.7 Å². The highest BCUT2D eigenvalue weighted by Gasteiger charge is 2.31. The zero-order chi connectivity index (χ0) is 22.8. The van der Waals surface area contributed by atoms with Gasteiger partial charge < -0.3 is 15.4 Å². The monoisotopic (exact) mass is 454 g/mol. The summed E-state index contributed by atoms with van der Waals surface area (Å²) in [6.07, 6.45) is -4.82. The molecule has 3 aromatic rings. The van der Waals surface area contributed by atoms with E-state index in [1.807, 2.05) is 20.8 Å². The second-order valence-electron chi connectivity index (χ2n) is 7.66. The molecule has 5 nitrogen and oxygen atoms in total. The molecule has 0 fully saturated rings. The normalized spacial score (nSPS) is 11.9. The summed E-state index contributed by atoms with van der Waals surface area (Å²) in [7, 11) is 0. The van der Waals surface area contributed by atoms with E-state index in [4.69, 9.17) is 11.6 Å². The number of ether oxygens (including phenoxy) is 1. The molecular weight excluding hydrogens is 436 g/mol. The van der Waals surface area contributed by atoms with Crippen molar-refractivity contribution >= 4 is 29.1 Å². The Morgan fingerprint density at radius 2 is 1.71 bits per heavy atom. The number of aromatic nitrogens is 2. The van der Waals surface area contributed by atoms with Gasteiger partial charge in [-0.05, 0) is 51.1 Å². The molecule has 164 valence electrons. The first kappa shape index (κ1) is 22.6. The van der Waals surface area contributed by atoms with E-state index >= 15 is 0 Å². The molecule has 2 N–H and O–H groups in total. The maximum atomic E-state index is 14.2. The van der Waals surface area contributed by atoms with Gasteiger partial charge in [0, 0.05) is 22.2 Å². The van der Waals surface area contributed by atoms with E-state index in [2.05, 4.69) is 25.3 Å². The van der Waals surface area contributed by atoms with Crippen LogP contribution in [0.2, 0.25) is 5.02 Å². The van der Waals surface area contributed by atoms with Crippen LogP contribution in [-0.4, -0.2) is 21.9 Å². The fourth-order valence-electron chi connectivity index (χ4n) is 2.63. The third-order valence-corrected chi connectivity index (χ3v) is 4.00. The number of hydrogen-bond acceptors (Lipinski definition) is 5. The van der Waals surface area contributed by atoms with Gasteiger partial charge in [-0.2, -0.15) is 4.98 Å². The van der Waals surface area contributed by atoms with Crippen molar-refractivity contribution in [2.24, 2.45) is 0 Å². The first-order chi connectivity index (χ1) is 14.4. The Kier molecular flexibility index (Phi) is 6.26. The molecule has 3 rings (SSSR count). The predicted molar refractivity (Wildman–Crippen MR) is 112 cm³/mol. The molecule has 0 amide bonds. The average molecular weight is 455 g/mol. The van der Waals surface area contributed by atoms with Crippen LogP contribution < -0.4 is 15.4 Å². The van der Waals surface area contributed by atoms with Crippen LogP contribution in [0.5, 0.6) is 5.75 Å². The molecule has 0 saturated heterocycles. The highest BCUT2D eigenvalue weighted by atomic mass is 35.5. The molecule has 31 heavy (non-hydrogen) atoms. The molecule has 0 spiro atoms. The van der Waals surface area contributed by atoms with Gasteiger partial charge in [-0.1, -0.05) is 23.7 Å². The molecule has 0 aliphatic carbocycles. The Labute approximate surface area is 181 Å². The summed E-state index contributed by atoms with van der Waals surface area (Å²) in [6, 6.07) is 10.9. The molecule has 2 aromatic carbocycles. The summed E-state index contributed by atoms with van der Waals surface area (Å²) < 4.78 is 55.9. The standard InChI is InChI=1S/C21H19ClF4N4O/c1-20(2,3)30-19-28-16(12-5-4-6-14(9-12)31-21(24,25)26)11-18(29-19)27-17-10-13(22)7-8-15(17)23/h4-11H,1-3H3,(H2,27,28,29,30). The zero-order valence-corrected chi connectivity index (χ0v) is 17.6. The van der Waals surface area contributed by atoms with Crippen molar-refractivity contribution < 1.29 is 22.3 Å². The summed E-state index contributed by atoms with van der Waals surface area (Å²) in [5.74, 6) is -0.503. The van der Waals surface area contributed by atoms with Crippen LogP contribution in [0.25, 0.3) is 11.3 Å². The lowest BCUT2D eigenvalue weighted by atomic mass is 10.1. The van der Waals surface area contributed by atoms with Crippen LogP contribution in [0.3, 0.4) is 0 Å². The highest BCUT2D eigenvalue weighted by Crippen LogP contribution is 2.30. The molecule has 1 heterocycles. The van der Waals surface area contributed by atoms with E-state index in [0.717, 1.165) is 0 Å². The molecule has 0 bridgehead atoms. The molecule has 0 atom stereocenters. The summed E-state index contributed by atoms with van der Waals surface area (Å²) >= 11 is 5.94. The van der Waals surface area contributed by atoms with Crippen molar-refractivity contribution in [3.8, 4) is 17.0 Å². The lowest BCUT2D eigenvalue weighted by Gasteiger charge is -2.21. The van der Waals surface area contributed by atoms with Crippen molar-refractivity contribution in [3.63, 3.8) is 0 Å². The van der Waals surface area contributed by atoms with E-state index in [1.165, 1.54) is 42.5 Å². The fourth-order valence-corrected chi connectivity index (χ4v) is 2.81. The van der Waals surface area contributed by atoms with Gasteiger partial charge in [0.15, 0.2) is 0 Å². The summed E-state index contributed by atoms with van der Waals surface area (Å²) in [4.78, 5) is 8.73. The van der Waals surface area contributed by atoms with Crippen LogP contribution in [0.15, 0.2) is 48.5 Å². The van der Waals surface area contributed by atoms with E-state index in [1.54, 1.807) is 6.07 Å². The van der Waals surface area contributed by atoms with E-state index in [9.17, 15) is 17.6 Å². The lowest BCUT2D eigenvalue weighted by molar-refractivity contribution is -0.274. The van der Waals surface area contributed by atoms with Gasteiger partial charge in [-0.15, -0.1) is 13.2 Å². The van der Waals surface area contributed by atoms with E-state index in [-0.39, 0.29) is 23.2 Å². The van der Waals surface area contributed by atoms with Gasteiger partial charge in [0.05, 0.1) is 11.4 Å². The van der Waals surface area contributed by atoms with Gasteiger partial charge in [0.1, 0.15) is 17.4 Å². The number of alkyl halides is 3. The quantitative estimate of drug-likeness (QED) is 0.416. The van der Waals surface area contributed by atoms with Crippen molar-refractivity contribution in [2.75, 3.05) is 10.6 Å². The third-order valence-electron chi connectivity index (χ3n) is 3.77. The van der Waals surface area contributed by atoms with E-state index in [0.29, 0.717) is 16.3 Å². The first-order valence-corrected chi connectivity index (χ1v) is 9.51. The zero-order valence-electron chi connectivity index (χ0n) is 16.8. The second kappa shape index (κ2) is 8.58. The van der Waals surface area contributed by atoms with Crippen LogP contribution in [0, 0.1) is 5.82 Å². The van der Waals surface area contributed by atoms with Gasteiger partial charge in [-0.25, -0.2) is 9.37 Å². The molecule has 0 aliphatic heterocycles. The lowest BCUT2D eigenvalue weighted by Crippen LogP contribution is -2.27. The van der Waals surface area contributed by atoms with Gasteiger partial charge in [0.2, 0.25) is 5.95 Å². The number of nitrogens with one attached hydrogen (secondary N) is 2. The largest absolute Gasteiger partial charge is 0.573 e. The number of nitrogens with zero attached hydrogens (tertiary/aromatic N) is 2. The van der Waals surface area contributed by atoms with Crippen LogP contribution >= 0.6 is 11.6 Å². The predicted octanol–water partition coefficient (Wildman–Crippen LogP) is 6.79. The minimum absolute atomic E-state index is 0.0908. The summed E-state index contributed by atoms with van der Waals surface area (Å²) in [5.41, 5.74) is 0.349. The number of hydrogen-bond donors (Lipinski definition) is 2. The Bertz CT molecular complexity index is 1080. The Morgan fingerprint density at radius 1 is 0.968 bits per heavy atom. The van der Waals surface area contributed by atoms with Crippen molar-refractivity contribution in [3.05, 3.63) is 59.4 Å². The van der Waals surface area contributed by atoms with Crippen molar-refractivity contribution in [1.29, 1.82) is 0 Å². The SMILES string of the molecule is CC(C)(C)Nc1nc(Nc2cc(Cl)ccc2F)cc(-c2cccc(OC(F)(F)F)c2)n1. The van der Waals surface area contributed by atoms with Crippen molar-refractivity contribution in [2.45, 2.75) is 32.7 Å². The minimum Gasteiger partial charge on any atom is -0.406 e. The van der Waals surface area contributed by atoms with Crippen LogP contribution in [0.1, 0.15) is 20.8 Å². The molecule has 0 aliphatic rings. The average Bonchev–Trinajstić information content (AvgIpc) is 2.62. The minimum atomic E-state index is -4.82. The Morgan fingerprint density at radius 3 is 2.39 bits per heavy atom. The van der Waals surface area contributed by atoms with Gasteiger partial charge in [-0.3, -0.25) is 0 Å². The molecule has 0 unspecified atom stereocenters. The Balaban J connectivity index is 2.03. The second-order valence-corrected chi connectivity index (χ2v) is 8.10. The van der Waals surface area contributed by atoms with Crippen LogP contribution in [0.4, 0.5) is 35.0 Å². The third kappa shape index (κ3) is 6.71. The fraction of sp³-hybridized carbons (Fsp3) is 0.238. The Hall–Kier alpha value is -3.07. The van der Waals surface area contributed by atoms with Gasteiger partial charge in [0.25, 0.3) is 0 Å². The topological polar surface area (TPSA) is 59.1 Å². The van der Waals surface area contributed by atoms with Crippen molar-refractivity contribution in [1.82, 2.24) is 9.97 Å². The molecule has 0 radical (unpaired) electrons. The molecule has 0 saturated carbocycles. The highest BCUT2D eigenvalue weighted by molar-refractivity contribution is 6.30. The van der Waals surface area contributed by atoms with Crippen LogP contribution in [-0.2, 0) is 0 Å². The number of anilines is 3. The first-order valence-electron chi connectivity index (χ1n) is 9.13. The molecular formula is C21H19ClF4N4O. The number of rotatable bonds is 5. The number of benzene rings is 2. The molecule has 1 aromatic heterocycles. The molecule has 10 heteroatoms.